The maximum absolute atomic E-state index is 11.0. The molecular formula is C21H14N4O2. The third kappa shape index (κ3) is 2.46. The molecule has 0 aliphatic heterocycles. The molecule has 2 aromatic heterocycles. The number of nitrogens with zero attached hydrogens (tertiary/aromatic N) is 2. The Morgan fingerprint density at radius 1 is 0.815 bits per heavy atom. The van der Waals surface area contributed by atoms with Crippen molar-refractivity contribution in [1.29, 1.82) is 0 Å². The summed E-state index contributed by atoms with van der Waals surface area (Å²) in [5.41, 5.74) is 5.62. The standard InChI is InChI=1S/C21H14N4O2/c26-25(27)14-11-9-13(10-12-14)20-19(15-5-1-2-6-16(15)22-20)21-23-17-7-3-4-8-18(17)24-21/h1-12,22H,(H,23,24). The molecule has 130 valence electrons. The van der Waals surface area contributed by atoms with Crippen molar-refractivity contribution in [2.75, 3.05) is 0 Å². The molecule has 0 fully saturated rings. The monoisotopic (exact) mass is 354 g/mol. The molecule has 0 amide bonds. The lowest BCUT2D eigenvalue weighted by molar-refractivity contribution is -0.384. The molecule has 6 heteroatoms. The van der Waals surface area contributed by atoms with Gasteiger partial charge in [0.25, 0.3) is 5.69 Å². The van der Waals surface area contributed by atoms with E-state index >= 15 is 0 Å². The van der Waals surface area contributed by atoms with E-state index in [1.54, 1.807) is 12.1 Å². The van der Waals surface area contributed by atoms with E-state index in [0.717, 1.165) is 44.6 Å². The van der Waals surface area contributed by atoms with Crippen molar-refractivity contribution in [1.82, 2.24) is 15.0 Å². The normalized spacial score (nSPS) is 11.3. The van der Waals surface area contributed by atoms with Crippen LogP contribution < -0.4 is 0 Å². The molecule has 2 N–H and O–H groups in total. The second-order valence-corrected chi connectivity index (χ2v) is 6.33. The van der Waals surface area contributed by atoms with E-state index in [1.165, 1.54) is 12.1 Å². The number of benzene rings is 3. The van der Waals surface area contributed by atoms with Crippen molar-refractivity contribution >= 4 is 27.6 Å². The molecule has 0 aliphatic rings. The Morgan fingerprint density at radius 2 is 1.52 bits per heavy atom. The van der Waals surface area contributed by atoms with Gasteiger partial charge in [-0.3, -0.25) is 10.1 Å². The number of fused-ring (bicyclic) bond motifs is 2. The van der Waals surface area contributed by atoms with E-state index in [4.69, 9.17) is 4.98 Å². The summed E-state index contributed by atoms with van der Waals surface area (Å²) in [4.78, 5) is 22.2. The summed E-state index contributed by atoms with van der Waals surface area (Å²) < 4.78 is 0. The summed E-state index contributed by atoms with van der Waals surface area (Å²) in [5, 5.41) is 12.0. The van der Waals surface area contributed by atoms with Gasteiger partial charge in [-0.1, -0.05) is 30.3 Å². The van der Waals surface area contributed by atoms with Crippen molar-refractivity contribution in [3.63, 3.8) is 0 Å². The SMILES string of the molecule is O=[N+]([O-])c1ccc(-c2[nH]c3ccccc3c2-c2nc3ccccc3[nH]2)cc1. The topological polar surface area (TPSA) is 87.6 Å². The van der Waals surface area contributed by atoms with E-state index in [0.29, 0.717) is 0 Å². The van der Waals surface area contributed by atoms with E-state index in [2.05, 4.69) is 9.97 Å². The van der Waals surface area contributed by atoms with Crippen molar-refractivity contribution in [3.8, 4) is 22.6 Å². The number of rotatable bonds is 3. The number of hydrogen-bond donors (Lipinski definition) is 2. The van der Waals surface area contributed by atoms with Crippen LogP contribution in [0.3, 0.4) is 0 Å². The van der Waals surface area contributed by atoms with Crippen molar-refractivity contribution < 1.29 is 4.92 Å². The van der Waals surface area contributed by atoms with E-state index in [-0.39, 0.29) is 5.69 Å². The van der Waals surface area contributed by atoms with Crippen LogP contribution in [0, 0.1) is 10.1 Å². The zero-order valence-electron chi connectivity index (χ0n) is 14.1. The first kappa shape index (κ1) is 15.3. The minimum Gasteiger partial charge on any atom is -0.354 e. The van der Waals surface area contributed by atoms with Gasteiger partial charge < -0.3 is 9.97 Å². The number of H-pyrrole nitrogens is 2. The summed E-state index contributed by atoms with van der Waals surface area (Å²) >= 11 is 0. The van der Waals surface area contributed by atoms with Gasteiger partial charge in [0.2, 0.25) is 0 Å². The zero-order valence-corrected chi connectivity index (χ0v) is 14.1. The summed E-state index contributed by atoms with van der Waals surface area (Å²) in [7, 11) is 0. The third-order valence-corrected chi connectivity index (χ3v) is 4.70. The average Bonchev–Trinajstić information content (AvgIpc) is 3.29. The lowest BCUT2D eigenvalue weighted by Gasteiger charge is -2.03. The van der Waals surface area contributed by atoms with Crippen LogP contribution in [-0.4, -0.2) is 19.9 Å². The fourth-order valence-corrected chi connectivity index (χ4v) is 3.43. The highest BCUT2D eigenvalue weighted by molar-refractivity contribution is 6.03. The zero-order chi connectivity index (χ0) is 18.4. The number of aromatic amines is 2. The van der Waals surface area contributed by atoms with Gasteiger partial charge in [-0.15, -0.1) is 0 Å². The van der Waals surface area contributed by atoms with Crippen LogP contribution in [0.2, 0.25) is 0 Å². The molecule has 5 rings (SSSR count). The molecular weight excluding hydrogens is 340 g/mol. The second kappa shape index (κ2) is 5.81. The van der Waals surface area contributed by atoms with Crippen LogP contribution in [0.4, 0.5) is 5.69 Å². The maximum atomic E-state index is 11.0. The predicted octanol–water partition coefficient (Wildman–Crippen LogP) is 5.29. The number of aromatic nitrogens is 3. The number of hydrogen-bond acceptors (Lipinski definition) is 3. The van der Waals surface area contributed by atoms with Crippen LogP contribution >= 0.6 is 0 Å². The largest absolute Gasteiger partial charge is 0.354 e. The Balaban J connectivity index is 1.77. The number of nitrogens with one attached hydrogen (secondary N) is 2. The molecule has 27 heavy (non-hydrogen) atoms. The van der Waals surface area contributed by atoms with Gasteiger partial charge in [0.1, 0.15) is 5.82 Å². The van der Waals surface area contributed by atoms with E-state index in [9.17, 15) is 10.1 Å². The highest BCUT2D eigenvalue weighted by Gasteiger charge is 2.18. The van der Waals surface area contributed by atoms with Crippen LogP contribution in [0.15, 0.2) is 72.8 Å². The molecule has 5 aromatic rings. The van der Waals surface area contributed by atoms with Gasteiger partial charge in [-0.25, -0.2) is 4.98 Å². The van der Waals surface area contributed by atoms with Gasteiger partial charge in [0.15, 0.2) is 0 Å². The molecule has 0 radical (unpaired) electrons. The Morgan fingerprint density at radius 3 is 2.26 bits per heavy atom. The summed E-state index contributed by atoms with van der Waals surface area (Å²) in [6.07, 6.45) is 0. The quantitative estimate of drug-likeness (QED) is 0.341. The molecule has 6 nitrogen and oxygen atoms in total. The molecule has 0 saturated heterocycles. The second-order valence-electron chi connectivity index (χ2n) is 6.33. The minimum absolute atomic E-state index is 0.0696. The molecule has 0 atom stereocenters. The fraction of sp³-hybridized carbons (Fsp3) is 0. The lowest BCUT2D eigenvalue weighted by atomic mass is 10.0. The maximum Gasteiger partial charge on any atom is 0.269 e. The fourth-order valence-electron chi connectivity index (χ4n) is 3.43. The number of imidazole rings is 1. The van der Waals surface area contributed by atoms with E-state index in [1.807, 2.05) is 48.5 Å². The molecule has 0 unspecified atom stereocenters. The highest BCUT2D eigenvalue weighted by Crippen LogP contribution is 2.38. The molecule has 0 aliphatic carbocycles. The average molecular weight is 354 g/mol. The molecule has 0 bridgehead atoms. The number of non-ortho nitro benzene ring substituents is 1. The number of para-hydroxylation sites is 3. The molecule has 0 spiro atoms. The third-order valence-electron chi connectivity index (χ3n) is 4.70. The van der Waals surface area contributed by atoms with Gasteiger partial charge in [0, 0.05) is 23.0 Å². The number of nitro groups is 1. The lowest BCUT2D eigenvalue weighted by Crippen LogP contribution is -1.88. The van der Waals surface area contributed by atoms with Crippen molar-refractivity contribution in [2.24, 2.45) is 0 Å². The van der Waals surface area contributed by atoms with Gasteiger partial charge in [-0.2, -0.15) is 0 Å². The summed E-state index contributed by atoms with van der Waals surface area (Å²) in [5.74, 6) is 0.766. The van der Waals surface area contributed by atoms with Crippen molar-refractivity contribution in [3.05, 3.63) is 82.9 Å². The highest BCUT2D eigenvalue weighted by atomic mass is 16.6. The molecule has 3 aromatic carbocycles. The van der Waals surface area contributed by atoms with Crippen LogP contribution in [-0.2, 0) is 0 Å². The smallest absolute Gasteiger partial charge is 0.269 e. The van der Waals surface area contributed by atoms with Gasteiger partial charge in [0.05, 0.1) is 27.2 Å². The molecule has 0 saturated carbocycles. The van der Waals surface area contributed by atoms with Gasteiger partial charge >= 0.3 is 0 Å². The first-order valence-electron chi connectivity index (χ1n) is 8.51. The van der Waals surface area contributed by atoms with Gasteiger partial charge in [-0.05, 0) is 35.9 Å². The minimum atomic E-state index is -0.394. The van der Waals surface area contributed by atoms with Crippen LogP contribution in [0.5, 0.6) is 0 Å². The Labute approximate surface area is 153 Å². The van der Waals surface area contributed by atoms with Crippen molar-refractivity contribution in [2.45, 2.75) is 0 Å². The Kier molecular flexibility index (Phi) is 3.30. The van der Waals surface area contributed by atoms with E-state index < -0.39 is 4.92 Å². The number of nitro benzene ring substituents is 1. The molecule has 2 heterocycles. The first-order chi connectivity index (χ1) is 13.2. The summed E-state index contributed by atoms with van der Waals surface area (Å²) in [6, 6.07) is 22.5. The summed E-state index contributed by atoms with van der Waals surface area (Å²) in [6.45, 7) is 0. The first-order valence-corrected chi connectivity index (χ1v) is 8.51. The van der Waals surface area contributed by atoms with Crippen LogP contribution in [0.25, 0.3) is 44.6 Å². The Bertz CT molecular complexity index is 1270. The Hall–Kier alpha value is -3.93. The predicted molar refractivity (Wildman–Crippen MR) is 105 cm³/mol. The van der Waals surface area contributed by atoms with Crippen LogP contribution in [0.1, 0.15) is 0 Å².